The molecule has 14 rings (SSSR count). The van der Waals surface area contributed by atoms with Crippen molar-refractivity contribution in [2.45, 2.75) is 0 Å². The van der Waals surface area contributed by atoms with Gasteiger partial charge in [0, 0.05) is 55.1 Å². The molecule has 302 valence electrons. The molecule has 0 radical (unpaired) electrons. The molecule has 0 bridgehead atoms. The molecule has 6 nitrogen and oxygen atoms in total. The van der Waals surface area contributed by atoms with Crippen LogP contribution in [0.1, 0.15) is 0 Å². The summed E-state index contributed by atoms with van der Waals surface area (Å²) in [5.41, 5.74) is 11.1. The predicted octanol–water partition coefficient (Wildman–Crippen LogP) is 15.7. The third kappa shape index (κ3) is 5.51. The summed E-state index contributed by atoms with van der Waals surface area (Å²) in [5, 5.41) is 11.0. The van der Waals surface area contributed by atoms with E-state index in [0.717, 1.165) is 99.2 Å². The van der Waals surface area contributed by atoms with Crippen LogP contribution in [0.5, 0.6) is 0 Å². The van der Waals surface area contributed by atoms with Crippen LogP contribution in [0.25, 0.3) is 138 Å². The number of furan rings is 2. The highest BCUT2D eigenvalue weighted by atomic mass is 16.3. The van der Waals surface area contributed by atoms with Gasteiger partial charge in [-0.2, -0.15) is 0 Å². The molecule has 0 aliphatic carbocycles. The van der Waals surface area contributed by atoms with Crippen molar-refractivity contribution in [3.63, 3.8) is 0 Å². The fraction of sp³-hybridized carbons (Fsp3) is 0. The van der Waals surface area contributed by atoms with Gasteiger partial charge in [0.1, 0.15) is 22.3 Å². The molecule has 0 saturated carbocycles. The van der Waals surface area contributed by atoms with Crippen molar-refractivity contribution >= 4 is 87.2 Å². The summed E-state index contributed by atoms with van der Waals surface area (Å²) in [5.74, 6) is 1.64. The lowest BCUT2D eigenvalue weighted by atomic mass is 9.98. The SMILES string of the molecule is c1ccc(-c2cc3c(cc2-n2c4ccccc4c4cc5ccccc5cc42)oc2cccc(-c4nc(-c5ccc6ccccc6c5)nc(-c5cccc6c5oc5ccccc56)n4)c23)cc1. The Balaban J connectivity index is 1.04. The van der Waals surface area contributed by atoms with Gasteiger partial charge in [-0.3, -0.25) is 0 Å². The first kappa shape index (κ1) is 35.7. The van der Waals surface area contributed by atoms with Crippen LogP contribution in [-0.4, -0.2) is 19.5 Å². The highest BCUT2D eigenvalue weighted by molar-refractivity contribution is 6.17. The Morgan fingerprint density at radius 3 is 1.83 bits per heavy atom. The zero-order chi connectivity index (χ0) is 42.6. The number of fused-ring (bicyclic) bond motifs is 11. The quantitative estimate of drug-likeness (QED) is 0.173. The molecule has 65 heavy (non-hydrogen) atoms. The minimum atomic E-state index is 0.527. The first-order chi connectivity index (χ1) is 32.2. The Morgan fingerprint density at radius 1 is 0.323 bits per heavy atom. The number of nitrogens with zero attached hydrogens (tertiary/aromatic N) is 4. The van der Waals surface area contributed by atoms with E-state index in [1.165, 1.54) is 21.5 Å². The average Bonchev–Trinajstić information content (AvgIpc) is 4.04. The summed E-state index contributed by atoms with van der Waals surface area (Å²) in [7, 11) is 0. The molecule has 0 aliphatic heterocycles. The fourth-order valence-corrected chi connectivity index (χ4v) is 9.99. The topological polar surface area (TPSA) is 69.9 Å². The van der Waals surface area contributed by atoms with E-state index in [1.54, 1.807) is 0 Å². The summed E-state index contributed by atoms with van der Waals surface area (Å²) in [6, 6.07) is 72.2. The molecule has 0 amide bonds. The zero-order valence-corrected chi connectivity index (χ0v) is 34.7. The first-order valence-electron chi connectivity index (χ1n) is 21.8. The second-order valence-corrected chi connectivity index (χ2v) is 16.7. The van der Waals surface area contributed by atoms with Crippen LogP contribution >= 0.6 is 0 Å². The lowest BCUT2D eigenvalue weighted by Crippen LogP contribution is -2.01. The molecule has 10 aromatic carbocycles. The molecule has 6 heteroatoms. The Morgan fingerprint density at radius 2 is 0.969 bits per heavy atom. The van der Waals surface area contributed by atoms with Gasteiger partial charge in [-0.25, -0.2) is 15.0 Å². The highest BCUT2D eigenvalue weighted by Gasteiger charge is 2.23. The molecular weight excluding hydrogens is 797 g/mol. The van der Waals surface area contributed by atoms with Crippen molar-refractivity contribution in [2.24, 2.45) is 0 Å². The number of benzene rings is 10. The van der Waals surface area contributed by atoms with Crippen molar-refractivity contribution < 1.29 is 8.83 Å². The highest BCUT2D eigenvalue weighted by Crippen LogP contribution is 2.44. The van der Waals surface area contributed by atoms with E-state index in [4.69, 9.17) is 23.8 Å². The van der Waals surface area contributed by atoms with Gasteiger partial charge >= 0.3 is 0 Å². The van der Waals surface area contributed by atoms with E-state index in [2.05, 4.69) is 168 Å². The summed E-state index contributed by atoms with van der Waals surface area (Å²) < 4.78 is 15.9. The van der Waals surface area contributed by atoms with Crippen LogP contribution in [0.4, 0.5) is 0 Å². The van der Waals surface area contributed by atoms with Crippen molar-refractivity contribution in [3.8, 4) is 51.0 Å². The van der Waals surface area contributed by atoms with E-state index < -0.39 is 0 Å². The van der Waals surface area contributed by atoms with Crippen LogP contribution in [0.15, 0.2) is 215 Å². The lowest BCUT2D eigenvalue weighted by Gasteiger charge is -2.15. The Labute approximate surface area is 371 Å². The number of aromatic nitrogens is 4. The fourth-order valence-electron chi connectivity index (χ4n) is 9.99. The lowest BCUT2D eigenvalue weighted by molar-refractivity contribution is 0.668. The third-order valence-electron chi connectivity index (χ3n) is 13.0. The van der Waals surface area contributed by atoms with Crippen molar-refractivity contribution in [2.75, 3.05) is 0 Å². The van der Waals surface area contributed by atoms with Gasteiger partial charge in [0.2, 0.25) is 0 Å². The molecule has 0 atom stereocenters. The van der Waals surface area contributed by atoms with Crippen LogP contribution < -0.4 is 0 Å². The molecule has 0 fully saturated rings. The number of rotatable bonds is 5. The van der Waals surface area contributed by atoms with E-state index in [1.807, 2.05) is 42.5 Å². The van der Waals surface area contributed by atoms with Crippen molar-refractivity contribution in [1.82, 2.24) is 19.5 Å². The van der Waals surface area contributed by atoms with Gasteiger partial charge in [-0.15, -0.1) is 0 Å². The average molecular weight is 831 g/mol. The monoisotopic (exact) mass is 830 g/mol. The van der Waals surface area contributed by atoms with Gasteiger partial charge in [0.15, 0.2) is 17.5 Å². The smallest absolute Gasteiger partial charge is 0.167 e. The predicted molar refractivity (Wildman–Crippen MR) is 265 cm³/mol. The van der Waals surface area contributed by atoms with Crippen molar-refractivity contribution in [3.05, 3.63) is 206 Å². The second kappa shape index (κ2) is 13.8. The van der Waals surface area contributed by atoms with Crippen LogP contribution in [0.2, 0.25) is 0 Å². The van der Waals surface area contributed by atoms with Crippen molar-refractivity contribution in [1.29, 1.82) is 0 Å². The van der Waals surface area contributed by atoms with E-state index in [0.29, 0.717) is 17.5 Å². The Bertz CT molecular complexity index is 4250. The van der Waals surface area contributed by atoms with Crippen LogP contribution in [0.3, 0.4) is 0 Å². The maximum absolute atomic E-state index is 6.91. The molecule has 0 aliphatic rings. The molecule has 4 heterocycles. The molecule has 0 spiro atoms. The zero-order valence-electron chi connectivity index (χ0n) is 34.7. The summed E-state index contributed by atoms with van der Waals surface area (Å²) in [4.78, 5) is 15.8. The number of hydrogen-bond acceptors (Lipinski definition) is 5. The standard InChI is InChI=1S/C59H34N4O2/c1-2-15-36(16-3-1)46-33-48-54(34-51(46)63-49-25-10-8-20-41(49)47-31-38-18-6-7-19-39(38)32-50(47)63)64-53-27-13-23-44(55(48)53)58-60-57(40-29-28-35-14-4-5-17-37(35)30-40)61-59(62-58)45-24-12-22-43-42-21-9-11-26-52(42)65-56(43)45/h1-34H. The Kier molecular flexibility index (Phi) is 7.59. The van der Waals surface area contributed by atoms with Gasteiger partial charge in [0.05, 0.1) is 22.3 Å². The molecule has 0 N–H and O–H groups in total. The molecule has 14 aromatic rings. The first-order valence-corrected chi connectivity index (χ1v) is 21.8. The van der Waals surface area contributed by atoms with Gasteiger partial charge in [0.25, 0.3) is 0 Å². The summed E-state index contributed by atoms with van der Waals surface area (Å²) in [6.45, 7) is 0. The van der Waals surface area contributed by atoms with Crippen LogP contribution in [0, 0.1) is 0 Å². The third-order valence-corrected chi connectivity index (χ3v) is 13.0. The number of para-hydroxylation sites is 3. The second-order valence-electron chi connectivity index (χ2n) is 16.7. The summed E-state index contributed by atoms with van der Waals surface area (Å²) >= 11 is 0. The minimum Gasteiger partial charge on any atom is -0.456 e. The minimum absolute atomic E-state index is 0.527. The van der Waals surface area contributed by atoms with E-state index in [-0.39, 0.29) is 0 Å². The van der Waals surface area contributed by atoms with Gasteiger partial charge < -0.3 is 13.4 Å². The Hall–Kier alpha value is -8.87. The molecular formula is C59H34N4O2. The van der Waals surface area contributed by atoms with E-state index in [9.17, 15) is 0 Å². The molecule has 4 aromatic heterocycles. The maximum atomic E-state index is 6.91. The molecule has 0 saturated heterocycles. The van der Waals surface area contributed by atoms with Crippen LogP contribution in [-0.2, 0) is 0 Å². The maximum Gasteiger partial charge on any atom is 0.167 e. The number of hydrogen-bond donors (Lipinski definition) is 0. The summed E-state index contributed by atoms with van der Waals surface area (Å²) in [6.07, 6.45) is 0. The largest absolute Gasteiger partial charge is 0.456 e. The normalized spacial score (nSPS) is 12.0. The van der Waals surface area contributed by atoms with E-state index >= 15 is 0 Å². The molecule has 0 unspecified atom stereocenters. The van der Waals surface area contributed by atoms with Gasteiger partial charge in [-0.1, -0.05) is 152 Å². The van der Waals surface area contributed by atoms with Gasteiger partial charge in [-0.05, 0) is 75.6 Å².